The molecule has 0 bridgehead atoms. The van der Waals surface area contributed by atoms with Crippen LogP contribution in [-0.4, -0.2) is 134 Å². The number of aryl methyl sites for hydroxylation is 1. The second-order valence-electron chi connectivity index (χ2n) is 17.6. The van der Waals surface area contributed by atoms with E-state index in [9.17, 15) is 43.1 Å². The van der Waals surface area contributed by atoms with Crippen molar-refractivity contribution in [1.29, 1.82) is 0 Å². The van der Waals surface area contributed by atoms with Crippen molar-refractivity contribution in [1.82, 2.24) is 48.2 Å². The van der Waals surface area contributed by atoms with E-state index in [1.165, 1.54) is 50.3 Å². The molecule has 0 spiro atoms. The highest BCUT2D eigenvalue weighted by molar-refractivity contribution is 8.45. The third-order valence-electron chi connectivity index (χ3n) is 12.4. The van der Waals surface area contributed by atoms with Gasteiger partial charge in [0.2, 0.25) is 0 Å². The van der Waals surface area contributed by atoms with Gasteiger partial charge >= 0.3 is 37.5 Å². The maximum Gasteiger partial charge on any atom is 0.386 e. The third kappa shape index (κ3) is 12.9. The van der Waals surface area contributed by atoms with Crippen molar-refractivity contribution in [2.75, 3.05) is 43.6 Å². The number of aliphatic hydroxyl groups is 2. The topological polar surface area (TPSA) is 430 Å². The number of nitrogen functional groups attached to an aromatic ring is 3. The van der Waals surface area contributed by atoms with E-state index in [1.54, 1.807) is 4.57 Å². The maximum atomic E-state index is 14.2. The molecule has 0 radical (unpaired) electrons. The average Bonchev–Trinajstić information content (AvgIpc) is 4.21. The van der Waals surface area contributed by atoms with Gasteiger partial charge in [-0.05, 0) is 19.1 Å². The van der Waals surface area contributed by atoms with Gasteiger partial charge in [0.05, 0.1) is 38.9 Å². The molecule has 9 heterocycles. The molecule has 3 unspecified atom stereocenters. The van der Waals surface area contributed by atoms with E-state index in [1.807, 2.05) is 0 Å². The molecule has 4 saturated heterocycles. The Kier molecular flexibility index (Phi) is 16.9. The van der Waals surface area contributed by atoms with E-state index in [2.05, 4.69) is 66.6 Å². The van der Waals surface area contributed by atoms with Crippen LogP contribution in [0.5, 0.6) is 0 Å². The van der Waals surface area contributed by atoms with Crippen LogP contribution in [0, 0.1) is 6.92 Å². The molecule has 9 rings (SSSR count). The Labute approximate surface area is 442 Å². The molecule has 0 aliphatic carbocycles. The molecule has 0 saturated carbocycles. The second kappa shape index (κ2) is 22.8. The number of imidazole rings is 1. The number of fused-ring (bicyclic) bond motifs is 1. The van der Waals surface area contributed by atoms with Crippen molar-refractivity contribution < 1.29 is 70.0 Å². The van der Waals surface area contributed by atoms with Gasteiger partial charge in [-0.3, -0.25) is 55.2 Å². The molecule has 38 heteroatoms. The molecule has 15 atom stereocenters. The van der Waals surface area contributed by atoms with Crippen molar-refractivity contribution in [2.45, 2.75) is 106 Å². The van der Waals surface area contributed by atoms with Crippen molar-refractivity contribution in [2.24, 2.45) is 0 Å². The van der Waals surface area contributed by atoms with E-state index < -0.39 is 143 Å². The number of nitrogens with two attached hydrogens (primary N) is 3. The molecule has 4 aliphatic heterocycles. The number of thiol groups is 3. The summed E-state index contributed by atoms with van der Waals surface area (Å²) < 4.78 is 105. The zero-order valence-electron chi connectivity index (χ0n) is 39.4. The number of nitrogens with one attached hydrogen (secondary N) is 1. The van der Waals surface area contributed by atoms with E-state index in [0.717, 1.165) is 13.7 Å². The summed E-state index contributed by atoms with van der Waals surface area (Å²) in [5.41, 5.74) is 14.9. The first-order valence-electron chi connectivity index (χ1n) is 22.8. The number of rotatable bonds is 20. The third-order valence-corrected chi connectivity index (χ3v) is 17.3. The standard InChI is InChI=1S/C38H50N13O19P3S3/c1-17-10-50(38(57)47-35(17)54)30-9-21(70-71(58,74)61-12-23-18(53)6-28(65-23)48-4-2-26(39)45-36(48)55)25(67-30)14-63-73(60,76)69-20-8-29(49-5-3-27(40)46-37(49)56)66-24(20)13-62-72(59,75)68-19-7-31(64-22(19)11-52)51-16-44-32-33(41)42-15-43-34(32)51/h2-5,10,15-16,18-25,28-31,52-53H,6-9,11-14H2,1H3,(H,58,74)(H,59,75)(H,60,76)(H2,39,45,55)(H2,40,46,56)(H2,41,42,43)(H,47,54,57)/t18-,19-,20-,21-,22-,23-,24-,25-,28-,29-,30-,31-,71?,72?,73?/m1/s1. The number of anilines is 3. The van der Waals surface area contributed by atoms with Crippen LogP contribution in [0.3, 0.4) is 0 Å². The number of nitrogens with zero attached hydrogens (tertiary/aromatic N) is 9. The SMILES string of the molecule is Cc1cn([C@H]2C[C@@H](OP(=O)(S)OC[C@H]3O[C@@H](n4ccc(N)nc4=O)C[C@H]3O)[C@@H](COP(=O)(S)O[C@@H]3C[C@H](n4ccc(N)nc4=O)O[C@@H]3COP(=O)(S)O[C@@H]3C[C@H](n4cnc5c(N)ncnc54)O[C@@H]3CO)O2)c(=O)[nH]c1=O. The second-order valence-corrected chi connectivity index (χ2v) is 26.2. The Morgan fingerprint density at radius 1 is 0.671 bits per heavy atom. The highest BCUT2D eigenvalue weighted by Gasteiger charge is 2.47. The largest absolute Gasteiger partial charge is 0.394 e. The lowest BCUT2D eigenvalue weighted by molar-refractivity contribution is -0.0534. The molecule has 414 valence electrons. The first-order chi connectivity index (χ1) is 35.9. The Hall–Kier alpha value is -4.35. The van der Waals surface area contributed by atoms with Gasteiger partial charge < -0.3 is 46.4 Å². The van der Waals surface area contributed by atoms with Crippen LogP contribution in [0.25, 0.3) is 11.2 Å². The normalized spacial score (nSPS) is 30.1. The Bertz CT molecular complexity index is 3350. The predicted molar refractivity (Wildman–Crippen MR) is 271 cm³/mol. The minimum atomic E-state index is -4.59. The van der Waals surface area contributed by atoms with Gasteiger partial charge in [-0.25, -0.2) is 43.0 Å². The van der Waals surface area contributed by atoms with Crippen molar-refractivity contribution in [3.8, 4) is 0 Å². The zero-order valence-corrected chi connectivity index (χ0v) is 44.8. The lowest BCUT2D eigenvalue weighted by atomic mass is 10.2. The van der Waals surface area contributed by atoms with E-state index in [0.29, 0.717) is 11.2 Å². The van der Waals surface area contributed by atoms with Crippen LogP contribution >= 0.6 is 57.1 Å². The van der Waals surface area contributed by atoms with Crippen LogP contribution in [-0.2, 0) is 59.8 Å². The quantitative estimate of drug-likeness (QED) is 0.0384. The number of H-pyrrole nitrogens is 1. The van der Waals surface area contributed by atoms with Crippen LogP contribution in [0.1, 0.15) is 56.2 Å². The lowest BCUT2D eigenvalue weighted by Crippen LogP contribution is -2.33. The van der Waals surface area contributed by atoms with Crippen LogP contribution < -0.4 is 39.8 Å². The zero-order chi connectivity index (χ0) is 54.4. The minimum Gasteiger partial charge on any atom is -0.394 e. The average molecular weight is 1180 g/mol. The Morgan fingerprint density at radius 3 is 1.66 bits per heavy atom. The lowest BCUT2D eigenvalue weighted by Gasteiger charge is -2.26. The summed E-state index contributed by atoms with van der Waals surface area (Å²) in [6.45, 7) is -14.4. The molecular weight excluding hydrogens is 1130 g/mol. The van der Waals surface area contributed by atoms with E-state index >= 15 is 0 Å². The van der Waals surface area contributed by atoms with Crippen LogP contribution in [0.15, 0.2) is 62.6 Å². The van der Waals surface area contributed by atoms with Gasteiger partial charge in [0.1, 0.15) is 91.1 Å². The summed E-state index contributed by atoms with van der Waals surface area (Å²) >= 11 is 12.5. The molecule has 76 heavy (non-hydrogen) atoms. The molecule has 0 amide bonds. The minimum absolute atomic E-state index is 0.0150. The molecule has 5 aromatic rings. The fraction of sp³-hybridized carbons (Fsp3) is 0.553. The number of aromatic nitrogens is 10. The summed E-state index contributed by atoms with van der Waals surface area (Å²) in [5.74, 6) is 0.0118. The van der Waals surface area contributed by atoms with Gasteiger partial charge in [0.15, 0.2) is 11.5 Å². The summed E-state index contributed by atoms with van der Waals surface area (Å²) in [5, 5.41) is 20.9. The highest BCUT2D eigenvalue weighted by Crippen LogP contribution is 2.60. The first kappa shape index (κ1) is 56.4. The van der Waals surface area contributed by atoms with Gasteiger partial charge in [0.25, 0.3) is 5.56 Å². The summed E-state index contributed by atoms with van der Waals surface area (Å²) in [6.07, 6.45) is -7.92. The van der Waals surface area contributed by atoms with Gasteiger partial charge in [-0.15, -0.1) is 0 Å². The number of aromatic amines is 1. The smallest absolute Gasteiger partial charge is 0.386 e. The first-order valence-corrected chi connectivity index (χ1v) is 30.9. The number of aliphatic hydroxyl groups excluding tert-OH is 2. The Morgan fingerprint density at radius 2 is 1.13 bits per heavy atom. The molecule has 0 aromatic carbocycles. The van der Waals surface area contributed by atoms with Crippen LogP contribution in [0.2, 0.25) is 0 Å². The summed E-state index contributed by atoms with van der Waals surface area (Å²) in [4.78, 5) is 72.5. The summed E-state index contributed by atoms with van der Waals surface area (Å²) in [7, 11) is 0. The van der Waals surface area contributed by atoms with Crippen LogP contribution in [0.4, 0.5) is 17.5 Å². The van der Waals surface area contributed by atoms with Gasteiger partial charge in [0, 0.05) is 49.8 Å². The number of ether oxygens (including phenoxy) is 4. The molecule has 32 nitrogen and oxygen atoms in total. The molecular formula is C38H50N13O19P3S3. The van der Waals surface area contributed by atoms with Crippen molar-refractivity contribution in [3.63, 3.8) is 0 Å². The van der Waals surface area contributed by atoms with Crippen molar-refractivity contribution in [3.05, 3.63) is 90.7 Å². The molecule has 4 fully saturated rings. The van der Waals surface area contributed by atoms with Gasteiger partial charge in [-0.2, -0.15) is 9.97 Å². The molecule has 9 N–H and O–H groups in total. The van der Waals surface area contributed by atoms with E-state index in [4.69, 9.17) is 63.3 Å². The number of hydrogen-bond acceptors (Lipinski definition) is 27. The number of hydrogen-bond donors (Lipinski definition) is 9. The molecule has 4 aliphatic rings. The maximum absolute atomic E-state index is 14.2. The fourth-order valence-corrected chi connectivity index (χ4v) is 13.3. The predicted octanol–water partition coefficient (Wildman–Crippen LogP) is 0.768. The summed E-state index contributed by atoms with van der Waals surface area (Å²) in [6, 6.07) is 2.69. The fourth-order valence-electron chi connectivity index (χ4n) is 8.72. The monoisotopic (exact) mass is 1180 g/mol. The highest BCUT2D eigenvalue weighted by atomic mass is 32.7. The van der Waals surface area contributed by atoms with E-state index in [-0.39, 0.29) is 48.7 Å². The van der Waals surface area contributed by atoms with Crippen molar-refractivity contribution >= 4 is 85.8 Å². The Balaban J connectivity index is 0.875. The molecule has 5 aromatic heterocycles. The van der Waals surface area contributed by atoms with Gasteiger partial charge in [-0.1, -0.05) is 36.7 Å².